The van der Waals surface area contributed by atoms with E-state index in [1.165, 1.54) is 11.1 Å². The monoisotopic (exact) mass is 337 g/mol. The lowest BCUT2D eigenvalue weighted by Crippen LogP contribution is -2.57. The molecule has 1 saturated heterocycles. The molecule has 25 heavy (non-hydrogen) atoms. The lowest BCUT2D eigenvalue weighted by atomic mass is 9.64. The van der Waals surface area contributed by atoms with E-state index in [1.807, 2.05) is 0 Å². The minimum absolute atomic E-state index is 0.157. The average Bonchev–Trinajstić information content (AvgIpc) is 2.66. The van der Waals surface area contributed by atoms with Crippen LogP contribution >= 0.6 is 0 Å². The second-order valence-electron chi connectivity index (χ2n) is 7.62. The molecule has 2 N–H and O–H groups in total. The molecule has 134 valence electrons. The van der Waals surface area contributed by atoms with E-state index in [2.05, 4.69) is 86.8 Å². The van der Waals surface area contributed by atoms with Crippen LogP contribution in [0.4, 0.5) is 0 Å². The zero-order valence-electron chi connectivity index (χ0n) is 15.7. The third-order valence-corrected chi connectivity index (χ3v) is 6.18. The van der Waals surface area contributed by atoms with Crippen molar-refractivity contribution in [2.45, 2.75) is 57.7 Å². The first-order valence-electron chi connectivity index (χ1n) is 9.66. The van der Waals surface area contributed by atoms with E-state index in [9.17, 15) is 5.11 Å². The molecule has 2 nitrogen and oxygen atoms in total. The Bertz CT molecular complexity index is 603. The molecular formula is C23H31NO. The summed E-state index contributed by atoms with van der Waals surface area (Å²) in [6, 6.07) is 21.5. The van der Waals surface area contributed by atoms with Gasteiger partial charge < -0.3 is 10.4 Å². The predicted molar refractivity (Wildman–Crippen MR) is 104 cm³/mol. The highest BCUT2D eigenvalue weighted by Crippen LogP contribution is 2.48. The molecule has 1 aliphatic rings. The fourth-order valence-corrected chi connectivity index (χ4v) is 4.48. The minimum atomic E-state index is -0.664. The van der Waals surface area contributed by atoms with Gasteiger partial charge in [0.1, 0.15) is 0 Å². The summed E-state index contributed by atoms with van der Waals surface area (Å²) in [6.45, 7) is 6.61. The van der Waals surface area contributed by atoms with E-state index in [0.29, 0.717) is 0 Å². The molecule has 0 aromatic heterocycles. The maximum absolute atomic E-state index is 11.8. The van der Waals surface area contributed by atoms with E-state index >= 15 is 0 Å². The standard InChI is InChI=1S/C23H31NO/c1-4-5-16-23(25)17(2)21(19-12-8-6-9-13-19)24-22(18(23)3)20-14-10-7-11-15-20/h6-15,17-18,21-22,24-25H,4-5,16H2,1-3H3/t17-,18+,21-,22+,23?. The van der Waals surface area contributed by atoms with E-state index in [-0.39, 0.29) is 23.9 Å². The third kappa shape index (κ3) is 3.51. The number of unbranched alkanes of at least 4 members (excludes halogenated alkanes) is 1. The third-order valence-electron chi connectivity index (χ3n) is 6.18. The van der Waals surface area contributed by atoms with Crippen molar-refractivity contribution in [1.29, 1.82) is 0 Å². The first-order chi connectivity index (χ1) is 12.1. The Morgan fingerprint density at radius 1 is 0.840 bits per heavy atom. The van der Waals surface area contributed by atoms with Crippen LogP contribution in [-0.2, 0) is 0 Å². The Labute approximate surface area is 152 Å². The highest BCUT2D eigenvalue weighted by Gasteiger charge is 2.50. The quantitative estimate of drug-likeness (QED) is 0.779. The first kappa shape index (κ1) is 18.2. The van der Waals surface area contributed by atoms with Crippen molar-refractivity contribution in [2.24, 2.45) is 11.8 Å². The SMILES string of the molecule is CCCCC1(O)[C@H](C)[C@H](c2ccccc2)N[C@H](c2ccccc2)[C@@H]1C. The number of hydrogen-bond donors (Lipinski definition) is 2. The Kier molecular flexibility index (Phi) is 5.61. The number of rotatable bonds is 5. The molecule has 5 atom stereocenters. The summed E-state index contributed by atoms with van der Waals surface area (Å²) < 4.78 is 0. The van der Waals surface area contributed by atoms with E-state index in [4.69, 9.17) is 0 Å². The highest BCUT2D eigenvalue weighted by atomic mass is 16.3. The van der Waals surface area contributed by atoms with Crippen molar-refractivity contribution in [3.8, 4) is 0 Å². The average molecular weight is 338 g/mol. The Balaban J connectivity index is 2.00. The fraction of sp³-hybridized carbons (Fsp3) is 0.478. The molecule has 0 spiro atoms. The van der Waals surface area contributed by atoms with E-state index < -0.39 is 5.60 Å². The summed E-state index contributed by atoms with van der Waals surface area (Å²) in [6.07, 6.45) is 3.04. The molecule has 1 aliphatic heterocycles. The van der Waals surface area contributed by atoms with Gasteiger partial charge in [0.25, 0.3) is 0 Å². The van der Waals surface area contributed by atoms with Crippen LogP contribution in [0.1, 0.15) is 63.2 Å². The van der Waals surface area contributed by atoms with Gasteiger partial charge in [0, 0.05) is 23.9 Å². The molecule has 0 amide bonds. The van der Waals surface area contributed by atoms with Gasteiger partial charge in [-0.2, -0.15) is 0 Å². The molecule has 0 saturated carbocycles. The van der Waals surface area contributed by atoms with Gasteiger partial charge in [-0.05, 0) is 17.5 Å². The molecule has 0 radical (unpaired) electrons. The summed E-state index contributed by atoms with van der Waals surface area (Å²) in [5.74, 6) is 0.327. The largest absolute Gasteiger partial charge is 0.389 e. The van der Waals surface area contributed by atoms with Gasteiger partial charge in [-0.3, -0.25) is 0 Å². The summed E-state index contributed by atoms with van der Waals surface area (Å²) in [4.78, 5) is 0. The maximum Gasteiger partial charge on any atom is 0.0734 e. The number of nitrogens with one attached hydrogen (secondary N) is 1. The number of benzene rings is 2. The maximum atomic E-state index is 11.8. The smallest absolute Gasteiger partial charge is 0.0734 e. The van der Waals surface area contributed by atoms with Crippen LogP contribution in [0.15, 0.2) is 60.7 Å². The summed E-state index contributed by atoms with van der Waals surface area (Å²) in [5, 5.41) is 15.6. The van der Waals surface area contributed by atoms with Gasteiger partial charge in [0.2, 0.25) is 0 Å². The lowest BCUT2D eigenvalue weighted by molar-refractivity contribution is -0.117. The van der Waals surface area contributed by atoms with E-state index in [1.54, 1.807) is 0 Å². The van der Waals surface area contributed by atoms with Crippen LogP contribution in [0.3, 0.4) is 0 Å². The zero-order valence-corrected chi connectivity index (χ0v) is 15.7. The van der Waals surface area contributed by atoms with Gasteiger partial charge in [-0.15, -0.1) is 0 Å². The Hall–Kier alpha value is -1.64. The fourth-order valence-electron chi connectivity index (χ4n) is 4.48. The van der Waals surface area contributed by atoms with Crippen LogP contribution in [0.25, 0.3) is 0 Å². The molecule has 1 fully saturated rings. The topological polar surface area (TPSA) is 32.3 Å². The van der Waals surface area contributed by atoms with Crippen LogP contribution in [0.2, 0.25) is 0 Å². The molecular weight excluding hydrogens is 306 g/mol. The minimum Gasteiger partial charge on any atom is -0.389 e. The molecule has 2 heteroatoms. The van der Waals surface area contributed by atoms with Gasteiger partial charge in [0.05, 0.1) is 5.60 Å². The van der Waals surface area contributed by atoms with Gasteiger partial charge in [-0.25, -0.2) is 0 Å². The second-order valence-corrected chi connectivity index (χ2v) is 7.62. The van der Waals surface area contributed by atoms with Crippen molar-refractivity contribution in [2.75, 3.05) is 0 Å². The summed E-state index contributed by atoms with van der Waals surface area (Å²) >= 11 is 0. The van der Waals surface area contributed by atoms with Crippen LogP contribution in [0.5, 0.6) is 0 Å². The summed E-state index contributed by atoms with van der Waals surface area (Å²) in [5.41, 5.74) is 1.86. The Morgan fingerprint density at radius 3 is 1.68 bits per heavy atom. The van der Waals surface area contributed by atoms with Crippen LogP contribution in [0, 0.1) is 11.8 Å². The van der Waals surface area contributed by atoms with Crippen molar-refractivity contribution >= 4 is 0 Å². The molecule has 1 unspecified atom stereocenters. The van der Waals surface area contributed by atoms with Gasteiger partial charge in [0.15, 0.2) is 0 Å². The molecule has 1 heterocycles. The molecule has 2 aromatic rings. The molecule has 0 bridgehead atoms. The highest BCUT2D eigenvalue weighted by molar-refractivity contribution is 5.27. The lowest BCUT2D eigenvalue weighted by Gasteiger charge is -2.52. The zero-order chi connectivity index (χ0) is 17.9. The normalized spacial score (nSPS) is 32.5. The van der Waals surface area contributed by atoms with Crippen molar-refractivity contribution in [3.63, 3.8) is 0 Å². The van der Waals surface area contributed by atoms with Crippen LogP contribution in [-0.4, -0.2) is 10.7 Å². The summed E-state index contributed by atoms with van der Waals surface area (Å²) in [7, 11) is 0. The second kappa shape index (κ2) is 7.72. The van der Waals surface area contributed by atoms with Gasteiger partial charge in [-0.1, -0.05) is 94.3 Å². The van der Waals surface area contributed by atoms with Gasteiger partial charge >= 0.3 is 0 Å². The van der Waals surface area contributed by atoms with Crippen molar-refractivity contribution in [3.05, 3.63) is 71.8 Å². The van der Waals surface area contributed by atoms with Crippen LogP contribution < -0.4 is 5.32 Å². The molecule has 2 aromatic carbocycles. The van der Waals surface area contributed by atoms with Crippen molar-refractivity contribution in [1.82, 2.24) is 5.32 Å². The Morgan fingerprint density at radius 2 is 1.28 bits per heavy atom. The first-order valence-corrected chi connectivity index (χ1v) is 9.66. The van der Waals surface area contributed by atoms with E-state index in [0.717, 1.165) is 19.3 Å². The molecule has 3 rings (SSSR count). The predicted octanol–water partition coefficient (Wildman–Crippen LogP) is 5.27. The number of piperidine rings is 1. The number of hydrogen-bond acceptors (Lipinski definition) is 2. The number of aliphatic hydroxyl groups is 1. The molecule has 0 aliphatic carbocycles. The van der Waals surface area contributed by atoms with Crippen molar-refractivity contribution < 1.29 is 5.11 Å².